The Hall–Kier alpha value is -1.33. The largest absolute Gasteiger partial charge is 0.393 e. The van der Waals surface area contributed by atoms with Gasteiger partial charge in [-0.3, -0.25) is 0 Å². The highest BCUT2D eigenvalue weighted by Gasteiger charge is 2.40. The molecule has 2 unspecified atom stereocenters. The highest BCUT2D eigenvalue weighted by atomic mass is 16.3. The summed E-state index contributed by atoms with van der Waals surface area (Å²) in [5.41, 5.74) is 3.74. The molecular weight excluding hydrogens is 216 g/mol. The van der Waals surface area contributed by atoms with Crippen molar-refractivity contribution in [2.45, 2.75) is 43.9 Å². The molecule has 2 atom stereocenters. The summed E-state index contributed by atoms with van der Waals surface area (Å²) < 4.78 is 0. The molecule has 3 rings (SSSR count). The van der Waals surface area contributed by atoms with Gasteiger partial charge in [0.15, 0.2) is 0 Å². The SMILES string of the molecule is NNc1cc(N2C3CCC2CC(O)C3)ccn1. The van der Waals surface area contributed by atoms with E-state index in [1.807, 2.05) is 12.1 Å². The number of hydrogen-bond acceptors (Lipinski definition) is 5. The number of nitrogens with two attached hydrogens (primary N) is 1. The van der Waals surface area contributed by atoms with Crippen LogP contribution in [0.3, 0.4) is 0 Å². The minimum Gasteiger partial charge on any atom is -0.393 e. The highest BCUT2D eigenvalue weighted by Crippen LogP contribution is 2.39. The van der Waals surface area contributed by atoms with Gasteiger partial charge in [-0.2, -0.15) is 0 Å². The fraction of sp³-hybridized carbons (Fsp3) is 0.583. The molecule has 0 amide bonds. The van der Waals surface area contributed by atoms with Crippen molar-refractivity contribution in [1.29, 1.82) is 0 Å². The molecule has 2 bridgehead atoms. The molecular formula is C12H18N4O. The third-order valence-electron chi connectivity index (χ3n) is 3.90. The van der Waals surface area contributed by atoms with E-state index in [-0.39, 0.29) is 6.10 Å². The van der Waals surface area contributed by atoms with Crippen LogP contribution in [0, 0.1) is 0 Å². The Morgan fingerprint density at radius 1 is 1.35 bits per heavy atom. The molecule has 0 saturated carbocycles. The second kappa shape index (κ2) is 4.16. The fourth-order valence-corrected chi connectivity index (χ4v) is 3.23. The van der Waals surface area contributed by atoms with Gasteiger partial charge in [-0.05, 0) is 31.7 Å². The zero-order chi connectivity index (χ0) is 11.8. The standard InChI is InChI=1S/C12H18N4O/c13-15-12-7-10(3-4-14-12)16-8-1-2-9(16)6-11(17)5-8/h3-4,7-9,11,17H,1-2,5-6,13H2,(H,14,15). The quantitative estimate of drug-likeness (QED) is 0.523. The van der Waals surface area contributed by atoms with Crippen LogP contribution in [-0.4, -0.2) is 28.3 Å². The first kappa shape index (κ1) is 10.8. The number of anilines is 2. The fourth-order valence-electron chi connectivity index (χ4n) is 3.23. The first-order valence-corrected chi connectivity index (χ1v) is 6.17. The number of hydrogen-bond donors (Lipinski definition) is 3. The number of nitrogens with one attached hydrogen (secondary N) is 1. The maximum absolute atomic E-state index is 9.78. The Balaban J connectivity index is 1.89. The number of nitrogens with zero attached hydrogens (tertiary/aromatic N) is 2. The van der Waals surface area contributed by atoms with Gasteiger partial charge in [0.2, 0.25) is 0 Å². The molecule has 2 aliphatic heterocycles. The number of aliphatic hydroxyl groups is 1. The van der Waals surface area contributed by atoms with Gasteiger partial charge < -0.3 is 15.4 Å². The molecule has 5 heteroatoms. The molecule has 2 saturated heterocycles. The molecule has 92 valence electrons. The lowest BCUT2D eigenvalue weighted by molar-refractivity contribution is 0.126. The lowest BCUT2D eigenvalue weighted by atomic mass is 9.99. The van der Waals surface area contributed by atoms with Gasteiger partial charge in [-0.1, -0.05) is 0 Å². The number of fused-ring (bicyclic) bond motifs is 2. The second-order valence-electron chi connectivity index (χ2n) is 4.96. The van der Waals surface area contributed by atoms with Crippen LogP contribution in [0.1, 0.15) is 25.7 Å². The van der Waals surface area contributed by atoms with E-state index >= 15 is 0 Å². The Labute approximate surface area is 101 Å². The first-order valence-electron chi connectivity index (χ1n) is 6.17. The summed E-state index contributed by atoms with van der Waals surface area (Å²) in [4.78, 5) is 6.55. The lowest BCUT2D eigenvalue weighted by Crippen LogP contribution is -2.44. The summed E-state index contributed by atoms with van der Waals surface area (Å²) in [6.07, 6.45) is 5.76. The van der Waals surface area contributed by atoms with Crippen LogP contribution in [0.4, 0.5) is 11.5 Å². The maximum Gasteiger partial charge on any atom is 0.141 e. The van der Waals surface area contributed by atoms with Crippen molar-refractivity contribution in [3.8, 4) is 0 Å². The maximum atomic E-state index is 9.78. The highest BCUT2D eigenvalue weighted by molar-refractivity contribution is 5.56. The number of rotatable bonds is 2. The summed E-state index contributed by atoms with van der Waals surface area (Å²) in [5, 5.41) is 9.78. The van der Waals surface area contributed by atoms with E-state index in [9.17, 15) is 5.11 Å². The van der Waals surface area contributed by atoms with Crippen molar-refractivity contribution in [2.24, 2.45) is 5.84 Å². The van der Waals surface area contributed by atoms with Gasteiger partial charge in [0.05, 0.1) is 6.10 Å². The van der Waals surface area contributed by atoms with Crippen LogP contribution in [0.25, 0.3) is 0 Å². The van der Waals surface area contributed by atoms with Gasteiger partial charge >= 0.3 is 0 Å². The summed E-state index contributed by atoms with van der Waals surface area (Å²) in [6, 6.07) is 4.93. The van der Waals surface area contributed by atoms with E-state index < -0.39 is 0 Å². The zero-order valence-electron chi connectivity index (χ0n) is 9.71. The molecule has 17 heavy (non-hydrogen) atoms. The Kier molecular flexibility index (Phi) is 2.64. The Morgan fingerprint density at radius 3 is 2.71 bits per heavy atom. The molecule has 2 fully saturated rings. The van der Waals surface area contributed by atoms with Gasteiger partial charge in [0.25, 0.3) is 0 Å². The third-order valence-corrected chi connectivity index (χ3v) is 3.90. The summed E-state index contributed by atoms with van der Waals surface area (Å²) in [5.74, 6) is 6.07. The number of hydrazine groups is 1. The predicted molar refractivity (Wildman–Crippen MR) is 66.6 cm³/mol. The van der Waals surface area contributed by atoms with E-state index in [1.54, 1.807) is 6.20 Å². The molecule has 0 radical (unpaired) electrons. The summed E-state index contributed by atoms with van der Waals surface area (Å²) in [6.45, 7) is 0. The van der Waals surface area contributed by atoms with E-state index in [1.165, 1.54) is 12.8 Å². The van der Waals surface area contributed by atoms with Crippen molar-refractivity contribution in [1.82, 2.24) is 4.98 Å². The molecule has 3 heterocycles. The van der Waals surface area contributed by atoms with Crippen molar-refractivity contribution in [3.05, 3.63) is 18.3 Å². The molecule has 1 aromatic heterocycles. The van der Waals surface area contributed by atoms with E-state index in [2.05, 4.69) is 15.3 Å². The van der Waals surface area contributed by atoms with Crippen LogP contribution < -0.4 is 16.2 Å². The number of pyridine rings is 1. The first-order chi connectivity index (χ1) is 8.28. The van der Waals surface area contributed by atoms with E-state index in [0.29, 0.717) is 17.9 Å². The third kappa shape index (κ3) is 1.85. The number of aliphatic hydroxyl groups excluding tert-OH is 1. The minimum absolute atomic E-state index is 0.127. The average molecular weight is 234 g/mol. The topological polar surface area (TPSA) is 74.4 Å². The number of nitrogen functional groups attached to an aromatic ring is 1. The molecule has 4 N–H and O–H groups in total. The molecule has 0 aliphatic carbocycles. The second-order valence-corrected chi connectivity index (χ2v) is 4.96. The van der Waals surface area contributed by atoms with Crippen molar-refractivity contribution in [2.75, 3.05) is 10.3 Å². The van der Waals surface area contributed by atoms with Gasteiger partial charge in [0, 0.05) is 30.0 Å². The van der Waals surface area contributed by atoms with Crippen LogP contribution >= 0.6 is 0 Å². The van der Waals surface area contributed by atoms with Gasteiger partial charge in [-0.15, -0.1) is 0 Å². The monoisotopic (exact) mass is 234 g/mol. The van der Waals surface area contributed by atoms with Crippen LogP contribution in [0.15, 0.2) is 18.3 Å². The smallest absolute Gasteiger partial charge is 0.141 e. The molecule has 2 aliphatic rings. The van der Waals surface area contributed by atoms with Crippen LogP contribution in [0.2, 0.25) is 0 Å². The van der Waals surface area contributed by atoms with Crippen LogP contribution in [-0.2, 0) is 0 Å². The molecule has 0 aromatic carbocycles. The molecule has 1 aromatic rings. The van der Waals surface area contributed by atoms with Gasteiger partial charge in [-0.25, -0.2) is 10.8 Å². The normalized spacial score (nSPS) is 31.6. The zero-order valence-corrected chi connectivity index (χ0v) is 9.71. The van der Waals surface area contributed by atoms with Crippen molar-refractivity contribution < 1.29 is 5.11 Å². The van der Waals surface area contributed by atoms with Crippen molar-refractivity contribution in [3.63, 3.8) is 0 Å². The predicted octanol–water partition coefficient (Wildman–Crippen LogP) is 0.859. The summed E-state index contributed by atoms with van der Waals surface area (Å²) in [7, 11) is 0. The van der Waals surface area contributed by atoms with Crippen molar-refractivity contribution >= 4 is 11.5 Å². The van der Waals surface area contributed by atoms with E-state index in [4.69, 9.17) is 5.84 Å². The lowest BCUT2D eigenvalue weighted by Gasteiger charge is -2.39. The Bertz CT molecular complexity index is 397. The minimum atomic E-state index is -0.127. The number of aromatic nitrogens is 1. The molecule has 0 spiro atoms. The van der Waals surface area contributed by atoms with Gasteiger partial charge in [0.1, 0.15) is 5.82 Å². The van der Waals surface area contributed by atoms with E-state index in [0.717, 1.165) is 18.5 Å². The molecule has 5 nitrogen and oxygen atoms in total. The Morgan fingerprint density at radius 2 is 2.06 bits per heavy atom. The number of piperidine rings is 1. The average Bonchev–Trinajstić information content (AvgIpc) is 2.62. The summed E-state index contributed by atoms with van der Waals surface area (Å²) >= 11 is 0. The van der Waals surface area contributed by atoms with Crippen LogP contribution in [0.5, 0.6) is 0 Å².